The number of hydrogen-bond donors (Lipinski definition) is 0. The normalized spacial score (nSPS) is 12.0. The molecule has 2 heterocycles. The molecule has 3 nitrogen and oxygen atoms in total. The summed E-state index contributed by atoms with van der Waals surface area (Å²) in [6, 6.07) is 2.71. The van der Waals surface area contributed by atoms with Gasteiger partial charge in [0.05, 0.1) is 10.5 Å². The molecule has 84 valence electrons. The summed E-state index contributed by atoms with van der Waals surface area (Å²) in [6.07, 6.45) is -3.28. The van der Waals surface area contributed by atoms with Crippen LogP contribution in [0.5, 0.6) is 0 Å². The Bertz CT molecular complexity index is 562. The van der Waals surface area contributed by atoms with E-state index in [1.54, 1.807) is 0 Å². The van der Waals surface area contributed by atoms with Crippen molar-refractivity contribution in [1.29, 1.82) is 0 Å². The van der Waals surface area contributed by atoms with Gasteiger partial charge >= 0.3 is 6.18 Å². The van der Waals surface area contributed by atoms with E-state index in [1.165, 1.54) is 12.1 Å². The maximum absolute atomic E-state index is 12.6. The van der Waals surface area contributed by atoms with Crippen LogP contribution in [0.3, 0.4) is 0 Å². The summed E-state index contributed by atoms with van der Waals surface area (Å²) in [7, 11) is 0. The number of carbonyl (C=O) groups excluding carboxylic acids is 1. The zero-order valence-corrected chi connectivity index (χ0v) is 8.38. The van der Waals surface area contributed by atoms with Gasteiger partial charge in [-0.05, 0) is 12.1 Å². The monoisotopic (exact) mass is 248 g/mol. The van der Waals surface area contributed by atoms with E-state index >= 15 is 0 Å². The largest absolute Gasteiger partial charge is 0.450 e. The van der Waals surface area contributed by atoms with Crippen LogP contribution in [-0.4, -0.2) is 15.7 Å². The highest BCUT2D eigenvalue weighted by molar-refractivity contribution is 6.30. The molecule has 0 bridgehead atoms. The number of rotatable bonds is 1. The SMILES string of the molecule is O=Cc1nc(C(F)(F)F)n2cc(Cl)ccc12. The first-order chi connectivity index (χ1) is 7.43. The lowest BCUT2D eigenvalue weighted by atomic mass is 10.3. The molecular weight excluding hydrogens is 245 g/mol. The quantitative estimate of drug-likeness (QED) is 0.728. The summed E-state index contributed by atoms with van der Waals surface area (Å²) >= 11 is 5.59. The fourth-order valence-electron chi connectivity index (χ4n) is 1.37. The summed E-state index contributed by atoms with van der Waals surface area (Å²) < 4.78 is 38.4. The molecule has 0 aliphatic heterocycles. The number of aldehydes is 1. The number of nitrogens with zero attached hydrogens (tertiary/aromatic N) is 2. The van der Waals surface area contributed by atoms with Crippen LogP contribution in [0.1, 0.15) is 16.3 Å². The van der Waals surface area contributed by atoms with E-state index in [9.17, 15) is 18.0 Å². The average Bonchev–Trinajstić information content (AvgIpc) is 2.54. The van der Waals surface area contributed by atoms with Gasteiger partial charge in [0.25, 0.3) is 0 Å². The Balaban J connectivity index is 2.84. The second-order valence-electron chi connectivity index (χ2n) is 3.04. The molecule has 0 spiro atoms. The van der Waals surface area contributed by atoms with Crippen LogP contribution in [0.15, 0.2) is 18.3 Å². The number of aromatic nitrogens is 2. The lowest BCUT2D eigenvalue weighted by Crippen LogP contribution is -2.10. The molecule has 0 saturated heterocycles. The number of halogens is 4. The first kappa shape index (κ1) is 10.9. The summed E-state index contributed by atoms with van der Waals surface area (Å²) in [5.74, 6) is -1.16. The number of alkyl halides is 3. The van der Waals surface area contributed by atoms with Gasteiger partial charge in [-0.1, -0.05) is 11.6 Å². The predicted molar refractivity (Wildman–Crippen MR) is 50.6 cm³/mol. The lowest BCUT2D eigenvalue weighted by molar-refractivity contribution is -0.145. The molecule has 2 rings (SSSR count). The van der Waals surface area contributed by atoms with Gasteiger partial charge in [-0.25, -0.2) is 4.98 Å². The summed E-state index contributed by atoms with van der Waals surface area (Å²) in [5, 5.41) is 0.132. The summed E-state index contributed by atoms with van der Waals surface area (Å²) in [5.41, 5.74) is -0.185. The van der Waals surface area contributed by atoms with Crippen LogP contribution in [0.2, 0.25) is 5.02 Å². The Labute approximate surface area is 92.5 Å². The fraction of sp³-hybridized carbons (Fsp3) is 0.111. The predicted octanol–water partition coefficient (Wildman–Crippen LogP) is 2.82. The first-order valence-electron chi connectivity index (χ1n) is 4.13. The molecule has 0 N–H and O–H groups in total. The number of pyridine rings is 1. The van der Waals surface area contributed by atoms with Crippen molar-refractivity contribution >= 4 is 23.4 Å². The molecule has 0 fully saturated rings. The van der Waals surface area contributed by atoms with E-state index < -0.39 is 12.0 Å². The smallest absolute Gasteiger partial charge is 0.296 e. The molecule has 0 aliphatic carbocycles. The molecule has 7 heteroatoms. The van der Waals surface area contributed by atoms with Crippen molar-refractivity contribution in [3.8, 4) is 0 Å². The third-order valence-corrected chi connectivity index (χ3v) is 2.22. The van der Waals surface area contributed by atoms with Crippen LogP contribution in [0.25, 0.3) is 5.52 Å². The second kappa shape index (κ2) is 3.48. The third-order valence-electron chi connectivity index (χ3n) is 1.99. The minimum atomic E-state index is -4.63. The maximum Gasteiger partial charge on any atom is 0.450 e. The van der Waals surface area contributed by atoms with E-state index in [0.29, 0.717) is 0 Å². The Morgan fingerprint density at radius 2 is 2.06 bits per heavy atom. The van der Waals surface area contributed by atoms with E-state index in [-0.39, 0.29) is 22.5 Å². The molecule has 2 aromatic heterocycles. The van der Waals surface area contributed by atoms with E-state index in [2.05, 4.69) is 4.98 Å². The van der Waals surface area contributed by atoms with Crippen molar-refractivity contribution in [3.63, 3.8) is 0 Å². The highest BCUT2D eigenvalue weighted by atomic mass is 35.5. The van der Waals surface area contributed by atoms with E-state index in [1.807, 2.05) is 0 Å². The van der Waals surface area contributed by atoms with Crippen molar-refractivity contribution in [2.24, 2.45) is 0 Å². The van der Waals surface area contributed by atoms with Crippen LogP contribution in [-0.2, 0) is 6.18 Å². The topological polar surface area (TPSA) is 34.4 Å². The van der Waals surface area contributed by atoms with E-state index in [4.69, 9.17) is 11.6 Å². The van der Waals surface area contributed by atoms with Crippen LogP contribution in [0, 0.1) is 0 Å². The van der Waals surface area contributed by atoms with Crippen molar-refractivity contribution < 1.29 is 18.0 Å². The molecule has 0 aromatic carbocycles. The van der Waals surface area contributed by atoms with Crippen molar-refractivity contribution in [3.05, 3.63) is 34.9 Å². The summed E-state index contributed by atoms with van der Waals surface area (Å²) in [6.45, 7) is 0. The molecule has 0 amide bonds. The highest BCUT2D eigenvalue weighted by Crippen LogP contribution is 2.30. The van der Waals surface area contributed by atoms with Crippen LogP contribution < -0.4 is 0 Å². The standard InChI is InChI=1S/C9H4ClF3N2O/c10-5-1-2-7-6(4-16)14-8(9(11,12)13)15(7)3-5/h1-4H. The molecular formula is C9H4ClF3N2O. The number of carbonyl (C=O) groups is 1. The number of hydrogen-bond acceptors (Lipinski definition) is 2. The molecule has 0 saturated carbocycles. The second-order valence-corrected chi connectivity index (χ2v) is 3.48. The highest BCUT2D eigenvalue weighted by Gasteiger charge is 2.37. The minimum Gasteiger partial charge on any atom is -0.296 e. The number of fused-ring (bicyclic) bond motifs is 1. The van der Waals surface area contributed by atoms with Crippen molar-refractivity contribution in [2.45, 2.75) is 6.18 Å². The Morgan fingerprint density at radius 1 is 1.38 bits per heavy atom. The van der Waals surface area contributed by atoms with Crippen LogP contribution >= 0.6 is 11.6 Å². The van der Waals surface area contributed by atoms with Gasteiger partial charge in [-0.2, -0.15) is 13.2 Å². The van der Waals surface area contributed by atoms with Gasteiger partial charge in [0.2, 0.25) is 5.82 Å². The van der Waals surface area contributed by atoms with E-state index in [0.717, 1.165) is 10.6 Å². The van der Waals surface area contributed by atoms with Gasteiger partial charge in [0.15, 0.2) is 6.29 Å². The maximum atomic E-state index is 12.6. The molecule has 16 heavy (non-hydrogen) atoms. The average molecular weight is 249 g/mol. The Morgan fingerprint density at radius 3 is 2.62 bits per heavy atom. The fourth-order valence-corrected chi connectivity index (χ4v) is 1.53. The third kappa shape index (κ3) is 1.65. The minimum absolute atomic E-state index is 0.0757. The van der Waals surface area contributed by atoms with Crippen LogP contribution in [0.4, 0.5) is 13.2 Å². The molecule has 0 unspecified atom stereocenters. The van der Waals surface area contributed by atoms with Crippen molar-refractivity contribution in [2.75, 3.05) is 0 Å². The molecule has 0 aliphatic rings. The Kier molecular flexibility index (Phi) is 2.38. The molecule has 0 radical (unpaired) electrons. The van der Waals surface area contributed by atoms with Gasteiger partial charge in [0, 0.05) is 6.20 Å². The lowest BCUT2D eigenvalue weighted by Gasteiger charge is -2.04. The van der Waals surface area contributed by atoms with Crippen molar-refractivity contribution in [1.82, 2.24) is 9.38 Å². The van der Waals surface area contributed by atoms with Gasteiger partial charge in [-0.3, -0.25) is 9.20 Å². The number of imidazole rings is 1. The molecule has 2 aromatic rings. The first-order valence-corrected chi connectivity index (χ1v) is 4.51. The zero-order valence-electron chi connectivity index (χ0n) is 7.62. The Hall–Kier alpha value is -1.56. The van der Waals surface area contributed by atoms with Gasteiger partial charge < -0.3 is 0 Å². The van der Waals surface area contributed by atoms with Gasteiger partial charge in [-0.15, -0.1) is 0 Å². The molecule has 0 atom stereocenters. The van der Waals surface area contributed by atoms with Gasteiger partial charge in [0.1, 0.15) is 5.69 Å². The summed E-state index contributed by atoms with van der Waals surface area (Å²) in [4.78, 5) is 13.8. The zero-order chi connectivity index (χ0) is 11.9.